The summed E-state index contributed by atoms with van der Waals surface area (Å²) < 4.78 is 99.8. The first-order valence-electron chi connectivity index (χ1n) is 15.8. The fourth-order valence-electron chi connectivity index (χ4n) is 6.69. The Kier molecular flexibility index (Phi) is 10.6. The third kappa shape index (κ3) is 6.95. The van der Waals surface area contributed by atoms with Crippen LogP contribution in [-0.2, 0) is 4.74 Å². The van der Waals surface area contributed by atoms with Crippen LogP contribution in [0.15, 0.2) is 36.4 Å². The Morgan fingerprint density at radius 3 is 1.80 bits per heavy atom. The molecule has 3 aromatic rings. The Hall–Kier alpha value is -3.00. The number of aryl methyl sites for hydroxylation is 1. The number of hydrogen-bond donors (Lipinski definition) is 0. The number of unbranched alkanes of at least 4 members (excludes halogenated alkanes) is 1. The molecule has 0 amide bonds. The number of hydrogen-bond acceptors (Lipinski definition) is 2. The molecule has 0 atom stereocenters. The minimum Gasteiger partial charge on any atom is -0.490 e. The van der Waals surface area contributed by atoms with E-state index in [4.69, 9.17) is 9.47 Å². The highest BCUT2D eigenvalue weighted by molar-refractivity contribution is 5.66. The van der Waals surface area contributed by atoms with Gasteiger partial charge in [0.25, 0.3) is 0 Å². The van der Waals surface area contributed by atoms with Gasteiger partial charge in [0.1, 0.15) is 0 Å². The SMILES string of the molecule is CCCCOc1ccc(-c2ccc(C3CCC(COC4CCC(c5ccc(C)c(F)c5F)CC4)CC3)c(F)c2F)c(F)c1F. The van der Waals surface area contributed by atoms with E-state index in [-0.39, 0.29) is 47.0 Å². The summed E-state index contributed by atoms with van der Waals surface area (Å²) in [6.07, 6.45) is 7.58. The van der Waals surface area contributed by atoms with E-state index in [1.165, 1.54) is 24.3 Å². The normalized spacial score (nSPS) is 22.3. The van der Waals surface area contributed by atoms with E-state index < -0.39 is 34.9 Å². The molecule has 2 nitrogen and oxygen atoms in total. The fourth-order valence-corrected chi connectivity index (χ4v) is 6.69. The average Bonchev–Trinajstić information content (AvgIpc) is 3.03. The maximum Gasteiger partial charge on any atom is 0.201 e. The van der Waals surface area contributed by atoms with Gasteiger partial charge in [-0.05, 0) is 111 Å². The first kappa shape index (κ1) is 32.4. The van der Waals surface area contributed by atoms with E-state index >= 15 is 8.78 Å². The van der Waals surface area contributed by atoms with Crippen LogP contribution in [0.4, 0.5) is 26.3 Å². The van der Waals surface area contributed by atoms with Gasteiger partial charge in [0.15, 0.2) is 34.8 Å². The van der Waals surface area contributed by atoms with Gasteiger partial charge in [-0.25, -0.2) is 22.0 Å². The van der Waals surface area contributed by atoms with Crippen molar-refractivity contribution in [3.8, 4) is 16.9 Å². The molecule has 0 bridgehead atoms. The number of benzene rings is 3. The molecule has 0 aliphatic heterocycles. The molecular weight excluding hydrogens is 578 g/mol. The Morgan fingerprint density at radius 1 is 0.614 bits per heavy atom. The quantitative estimate of drug-likeness (QED) is 0.166. The Labute approximate surface area is 255 Å². The van der Waals surface area contributed by atoms with Crippen molar-refractivity contribution in [1.29, 1.82) is 0 Å². The summed E-state index contributed by atoms with van der Waals surface area (Å²) in [5, 5.41) is 0. The van der Waals surface area contributed by atoms with Crippen LogP contribution >= 0.6 is 0 Å². The average molecular weight is 619 g/mol. The summed E-state index contributed by atoms with van der Waals surface area (Å²) in [7, 11) is 0. The van der Waals surface area contributed by atoms with Crippen LogP contribution in [0.25, 0.3) is 11.1 Å². The number of halogens is 6. The third-order valence-electron chi connectivity index (χ3n) is 9.48. The van der Waals surface area contributed by atoms with Crippen LogP contribution in [0.5, 0.6) is 5.75 Å². The van der Waals surface area contributed by atoms with Crippen LogP contribution < -0.4 is 4.74 Å². The molecule has 2 aliphatic rings. The summed E-state index contributed by atoms with van der Waals surface area (Å²) in [6.45, 7) is 4.32. The lowest BCUT2D eigenvalue weighted by atomic mass is 9.78. The Balaban J connectivity index is 1.13. The predicted molar refractivity (Wildman–Crippen MR) is 159 cm³/mol. The van der Waals surface area contributed by atoms with E-state index in [1.807, 2.05) is 6.92 Å². The lowest BCUT2D eigenvalue weighted by Crippen LogP contribution is -2.26. The molecule has 0 spiro atoms. The summed E-state index contributed by atoms with van der Waals surface area (Å²) in [5.74, 6) is -6.33. The molecule has 0 aromatic heterocycles. The highest BCUT2D eigenvalue weighted by Crippen LogP contribution is 2.41. The standard InChI is InChI=1S/C36H40F6O2/c1-3-4-19-43-30-18-17-29(35(41)36(30)42)28-16-15-27(33(39)34(28)40)23-8-6-22(7-9-23)20-44-25-12-10-24(11-13-25)26-14-5-21(2)31(37)32(26)38/h5,14-18,22-25H,3-4,6-13,19-20H2,1-2H3. The monoisotopic (exact) mass is 618 g/mol. The molecular formula is C36H40F6O2. The van der Waals surface area contributed by atoms with E-state index in [0.29, 0.717) is 42.9 Å². The van der Waals surface area contributed by atoms with E-state index in [1.54, 1.807) is 19.1 Å². The zero-order chi connectivity index (χ0) is 31.4. The van der Waals surface area contributed by atoms with Crippen molar-refractivity contribution in [2.24, 2.45) is 5.92 Å². The summed E-state index contributed by atoms with van der Waals surface area (Å²) in [5.41, 5.74) is 0.340. The van der Waals surface area contributed by atoms with Gasteiger partial charge in [-0.2, -0.15) is 4.39 Å². The van der Waals surface area contributed by atoms with Gasteiger partial charge in [0, 0.05) is 17.7 Å². The minimum absolute atomic E-state index is 0.0125. The van der Waals surface area contributed by atoms with Crippen LogP contribution in [0, 0.1) is 47.7 Å². The molecule has 238 valence electrons. The fraction of sp³-hybridized carbons (Fsp3) is 0.500. The maximum atomic E-state index is 15.3. The van der Waals surface area contributed by atoms with Crippen LogP contribution in [0.3, 0.4) is 0 Å². The third-order valence-corrected chi connectivity index (χ3v) is 9.48. The molecule has 8 heteroatoms. The van der Waals surface area contributed by atoms with E-state index in [0.717, 1.165) is 44.9 Å². The highest BCUT2D eigenvalue weighted by Gasteiger charge is 2.30. The van der Waals surface area contributed by atoms with Crippen LogP contribution in [0.1, 0.15) is 99.7 Å². The van der Waals surface area contributed by atoms with Gasteiger partial charge in [-0.3, -0.25) is 0 Å². The van der Waals surface area contributed by atoms with Crippen molar-refractivity contribution < 1.29 is 35.8 Å². The van der Waals surface area contributed by atoms with Crippen molar-refractivity contribution in [1.82, 2.24) is 0 Å². The van der Waals surface area contributed by atoms with E-state index in [2.05, 4.69) is 0 Å². The first-order valence-corrected chi connectivity index (χ1v) is 15.8. The van der Waals surface area contributed by atoms with Crippen LogP contribution in [0.2, 0.25) is 0 Å². The lowest BCUT2D eigenvalue weighted by Gasteiger charge is -2.33. The molecule has 44 heavy (non-hydrogen) atoms. The van der Waals surface area contributed by atoms with Gasteiger partial charge in [-0.15, -0.1) is 0 Å². The largest absolute Gasteiger partial charge is 0.490 e. The molecule has 3 aromatic carbocycles. The first-order chi connectivity index (χ1) is 21.2. The van der Waals surface area contributed by atoms with Gasteiger partial charge in [-0.1, -0.05) is 37.6 Å². The molecule has 5 rings (SSSR count). The van der Waals surface area contributed by atoms with Gasteiger partial charge in [0.05, 0.1) is 12.7 Å². The van der Waals surface area contributed by atoms with Crippen molar-refractivity contribution in [2.45, 2.75) is 96.0 Å². The van der Waals surface area contributed by atoms with Gasteiger partial charge < -0.3 is 9.47 Å². The highest BCUT2D eigenvalue weighted by atomic mass is 19.2. The minimum atomic E-state index is -1.27. The Bertz CT molecular complexity index is 1440. The second-order valence-corrected chi connectivity index (χ2v) is 12.4. The van der Waals surface area contributed by atoms with Crippen molar-refractivity contribution in [3.05, 3.63) is 88.0 Å². The second kappa shape index (κ2) is 14.4. The number of rotatable bonds is 10. The van der Waals surface area contributed by atoms with Crippen molar-refractivity contribution in [3.63, 3.8) is 0 Å². The predicted octanol–water partition coefficient (Wildman–Crippen LogP) is 10.7. The topological polar surface area (TPSA) is 18.5 Å². The molecule has 0 radical (unpaired) electrons. The summed E-state index contributed by atoms with van der Waals surface area (Å²) in [4.78, 5) is 0. The molecule has 0 N–H and O–H groups in total. The molecule has 0 heterocycles. The zero-order valence-corrected chi connectivity index (χ0v) is 25.3. The molecule has 0 unspecified atom stereocenters. The van der Waals surface area contributed by atoms with Crippen LogP contribution in [-0.4, -0.2) is 19.3 Å². The van der Waals surface area contributed by atoms with Crippen molar-refractivity contribution in [2.75, 3.05) is 13.2 Å². The summed E-state index contributed by atoms with van der Waals surface area (Å²) >= 11 is 0. The Morgan fingerprint density at radius 2 is 1.16 bits per heavy atom. The summed E-state index contributed by atoms with van der Waals surface area (Å²) in [6, 6.07) is 8.60. The van der Waals surface area contributed by atoms with Gasteiger partial charge >= 0.3 is 0 Å². The molecule has 0 saturated heterocycles. The maximum absolute atomic E-state index is 15.3. The zero-order valence-electron chi connectivity index (χ0n) is 25.3. The smallest absolute Gasteiger partial charge is 0.201 e. The molecule has 2 fully saturated rings. The number of ether oxygens (including phenoxy) is 2. The van der Waals surface area contributed by atoms with Gasteiger partial charge in [0.2, 0.25) is 5.82 Å². The molecule has 2 aliphatic carbocycles. The van der Waals surface area contributed by atoms with Crippen molar-refractivity contribution >= 4 is 0 Å². The second-order valence-electron chi connectivity index (χ2n) is 12.4. The molecule has 2 saturated carbocycles. The van der Waals surface area contributed by atoms with E-state index in [9.17, 15) is 17.6 Å². The lowest BCUT2D eigenvalue weighted by molar-refractivity contribution is -0.00294.